The topological polar surface area (TPSA) is 26.3 Å². The molecule has 1 rings (SSSR count). The summed E-state index contributed by atoms with van der Waals surface area (Å²) in [6.07, 6.45) is 2.83. The number of rotatable bonds is 4. The van der Waals surface area contributed by atoms with Gasteiger partial charge in [0.15, 0.2) is 0 Å². The van der Waals surface area contributed by atoms with Crippen molar-refractivity contribution in [3.05, 3.63) is 0 Å². The van der Waals surface area contributed by atoms with E-state index in [2.05, 4.69) is 4.74 Å². The molecule has 11 heavy (non-hydrogen) atoms. The van der Waals surface area contributed by atoms with Crippen molar-refractivity contribution in [1.82, 2.24) is 0 Å². The molecule has 1 aliphatic carbocycles. The van der Waals surface area contributed by atoms with E-state index >= 15 is 0 Å². The van der Waals surface area contributed by atoms with Crippen molar-refractivity contribution in [3.63, 3.8) is 0 Å². The summed E-state index contributed by atoms with van der Waals surface area (Å²) in [6.45, 7) is 1.98. The van der Waals surface area contributed by atoms with E-state index in [0.717, 1.165) is 12.8 Å². The Morgan fingerprint density at radius 2 is 2.27 bits per heavy atom. The molecule has 1 aliphatic rings. The second-order valence-electron chi connectivity index (χ2n) is 2.96. The molecule has 0 heterocycles. The highest BCUT2D eigenvalue weighted by Gasteiger charge is 2.47. The largest absolute Gasteiger partial charge is 0.428 e. The molecule has 2 nitrogen and oxygen atoms in total. The maximum atomic E-state index is 12.7. The monoisotopic (exact) mass is 160 g/mol. The molecule has 64 valence electrons. The summed E-state index contributed by atoms with van der Waals surface area (Å²) in [6, 6.07) is 0. The van der Waals surface area contributed by atoms with Crippen LogP contribution in [0.15, 0.2) is 0 Å². The van der Waals surface area contributed by atoms with E-state index in [0.29, 0.717) is 19.3 Å². The maximum Gasteiger partial charge on any atom is 0.308 e. The summed E-state index contributed by atoms with van der Waals surface area (Å²) in [4.78, 5) is 10.8. The lowest BCUT2D eigenvalue weighted by Crippen LogP contribution is -2.13. The van der Waals surface area contributed by atoms with E-state index in [4.69, 9.17) is 0 Å². The molecule has 0 aromatic rings. The number of carbonyl (C=O) groups excluding carboxylic acids is 1. The molecule has 0 N–H and O–H groups in total. The zero-order valence-corrected chi connectivity index (χ0v) is 6.73. The van der Waals surface area contributed by atoms with Gasteiger partial charge >= 0.3 is 5.97 Å². The Morgan fingerprint density at radius 3 is 2.73 bits per heavy atom. The lowest BCUT2D eigenvalue weighted by molar-refractivity contribution is -0.162. The van der Waals surface area contributed by atoms with Gasteiger partial charge in [0.25, 0.3) is 5.85 Å². The first-order valence-corrected chi connectivity index (χ1v) is 4.07. The van der Waals surface area contributed by atoms with Gasteiger partial charge in [-0.3, -0.25) is 4.79 Å². The molecule has 0 bridgehead atoms. The van der Waals surface area contributed by atoms with Crippen molar-refractivity contribution in [2.45, 2.75) is 44.9 Å². The number of unbranched alkanes of at least 4 members (excludes halogenated alkanes) is 1. The van der Waals surface area contributed by atoms with Crippen LogP contribution in [0.2, 0.25) is 0 Å². The van der Waals surface area contributed by atoms with Crippen molar-refractivity contribution in [3.8, 4) is 0 Å². The third-order valence-electron chi connectivity index (χ3n) is 1.67. The molecule has 0 atom stereocenters. The quantitative estimate of drug-likeness (QED) is 0.589. The molecule has 0 amide bonds. The number of hydrogen-bond donors (Lipinski definition) is 0. The number of alkyl halides is 1. The minimum atomic E-state index is -1.58. The molecule has 0 aromatic heterocycles. The average Bonchev–Trinajstić information content (AvgIpc) is 2.63. The SMILES string of the molecule is CCCCC(=O)OC1(F)CC1. The third-order valence-corrected chi connectivity index (χ3v) is 1.67. The molecule has 0 spiro atoms. The Morgan fingerprint density at radius 1 is 1.64 bits per heavy atom. The van der Waals surface area contributed by atoms with Crippen LogP contribution in [0.3, 0.4) is 0 Å². The smallest absolute Gasteiger partial charge is 0.308 e. The fourth-order valence-electron chi connectivity index (χ4n) is 0.776. The highest BCUT2D eigenvalue weighted by molar-refractivity contribution is 5.69. The predicted molar refractivity (Wildman–Crippen MR) is 38.7 cm³/mol. The second-order valence-corrected chi connectivity index (χ2v) is 2.96. The molecule has 0 aliphatic heterocycles. The van der Waals surface area contributed by atoms with E-state index in [1.165, 1.54) is 0 Å². The molecular formula is C8H13FO2. The molecule has 1 fully saturated rings. The van der Waals surface area contributed by atoms with Crippen molar-refractivity contribution in [1.29, 1.82) is 0 Å². The minimum Gasteiger partial charge on any atom is -0.428 e. The fraction of sp³-hybridized carbons (Fsp3) is 0.875. The van der Waals surface area contributed by atoms with Crippen LogP contribution in [0.5, 0.6) is 0 Å². The Balaban J connectivity index is 2.11. The van der Waals surface area contributed by atoms with Gasteiger partial charge in [-0.1, -0.05) is 13.3 Å². The van der Waals surface area contributed by atoms with Crippen LogP contribution >= 0.6 is 0 Å². The predicted octanol–water partition coefficient (Wildman–Crippen LogP) is 2.18. The van der Waals surface area contributed by atoms with Crippen molar-refractivity contribution in [2.24, 2.45) is 0 Å². The second kappa shape index (κ2) is 3.20. The molecule has 0 unspecified atom stereocenters. The van der Waals surface area contributed by atoms with Gasteiger partial charge in [-0.05, 0) is 6.42 Å². The summed E-state index contributed by atoms with van der Waals surface area (Å²) in [5.74, 6) is -1.97. The Labute approximate surface area is 65.7 Å². The van der Waals surface area contributed by atoms with Crippen molar-refractivity contribution < 1.29 is 13.9 Å². The van der Waals surface area contributed by atoms with Crippen LogP contribution < -0.4 is 0 Å². The van der Waals surface area contributed by atoms with Gasteiger partial charge in [0.05, 0.1) is 0 Å². The van der Waals surface area contributed by atoms with Crippen LogP contribution in [-0.2, 0) is 9.53 Å². The van der Waals surface area contributed by atoms with Gasteiger partial charge in [0, 0.05) is 19.3 Å². The highest BCUT2D eigenvalue weighted by atomic mass is 19.2. The van der Waals surface area contributed by atoms with Crippen LogP contribution in [0.4, 0.5) is 4.39 Å². The lowest BCUT2D eigenvalue weighted by Gasteiger charge is -2.06. The molecule has 3 heteroatoms. The van der Waals surface area contributed by atoms with E-state index in [1.54, 1.807) is 0 Å². The van der Waals surface area contributed by atoms with E-state index in [9.17, 15) is 9.18 Å². The summed E-state index contributed by atoms with van der Waals surface area (Å²) < 4.78 is 17.3. The molecular weight excluding hydrogens is 147 g/mol. The van der Waals surface area contributed by atoms with Crippen LogP contribution in [-0.4, -0.2) is 11.8 Å². The fourth-order valence-corrected chi connectivity index (χ4v) is 0.776. The number of esters is 1. The number of ether oxygens (including phenoxy) is 1. The van der Waals surface area contributed by atoms with Gasteiger partial charge < -0.3 is 4.74 Å². The normalized spacial score (nSPS) is 19.5. The molecule has 1 saturated carbocycles. The number of hydrogen-bond acceptors (Lipinski definition) is 2. The van der Waals surface area contributed by atoms with Crippen LogP contribution in [0.25, 0.3) is 0 Å². The van der Waals surface area contributed by atoms with Gasteiger partial charge in [-0.25, -0.2) is 0 Å². The van der Waals surface area contributed by atoms with Gasteiger partial charge in [0.2, 0.25) is 0 Å². The van der Waals surface area contributed by atoms with E-state index in [1.807, 2.05) is 6.92 Å². The van der Waals surface area contributed by atoms with E-state index < -0.39 is 11.8 Å². The summed E-state index contributed by atoms with van der Waals surface area (Å²) in [5.41, 5.74) is 0. The summed E-state index contributed by atoms with van der Waals surface area (Å²) in [5, 5.41) is 0. The zero-order valence-electron chi connectivity index (χ0n) is 6.73. The van der Waals surface area contributed by atoms with Crippen LogP contribution in [0, 0.1) is 0 Å². The first-order chi connectivity index (χ1) is 5.16. The number of carbonyl (C=O) groups is 1. The molecule has 0 radical (unpaired) electrons. The van der Waals surface area contributed by atoms with Gasteiger partial charge in [0.1, 0.15) is 0 Å². The van der Waals surface area contributed by atoms with Crippen LogP contribution in [0.1, 0.15) is 39.0 Å². The Hall–Kier alpha value is -0.600. The minimum absolute atomic E-state index is 0.349. The highest BCUT2D eigenvalue weighted by Crippen LogP contribution is 2.41. The zero-order chi connectivity index (χ0) is 8.32. The lowest BCUT2D eigenvalue weighted by atomic mass is 10.2. The standard InChI is InChI=1S/C8H13FO2/c1-2-3-4-7(10)11-8(9)5-6-8/h2-6H2,1H3. The third kappa shape index (κ3) is 2.87. The first-order valence-electron chi connectivity index (χ1n) is 4.07. The summed E-state index contributed by atoms with van der Waals surface area (Å²) in [7, 11) is 0. The van der Waals surface area contributed by atoms with Crippen molar-refractivity contribution >= 4 is 5.97 Å². The van der Waals surface area contributed by atoms with Crippen molar-refractivity contribution in [2.75, 3.05) is 0 Å². The van der Waals surface area contributed by atoms with Gasteiger partial charge in [-0.15, -0.1) is 0 Å². The Bertz CT molecular complexity index is 152. The first kappa shape index (κ1) is 8.50. The van der Waals surface area contributed by atoms with Gasteiger partial charge in [-0.2, -0.15) is 4.39 Å². The van der Waals surface area contributed by atoms with E-state index in [-0.39, 0.29) is 0 Å². The maximum absolute atomic E-state index is 12.7. The average molecular weight is 160 g/mol. The number of halogens is 1. The molecule has 0 aromatic carbocycles. The Kier molecular flexibility index (Phi) is 2.47. The summed E-state index contributed by atoms with van der Waals surface area (Å²) >= 11 is 0. The molecule has 0 saturated heterocycles.